The highest BCUT2D eigenvalue weighted by atomic mass is 79.9. The molecule has 1 N–H and O–H groups in total. The number of hydrogen-bond acceptors (Lipinski definition) is 3. The Kier molecular flexibility index (Phi) is 3.97. The van der Waals surface area contributed by atoms with E-state index in [1.165, 1.54) is 0 Å². The molecule has 88 valence electrons. The standard InChI is InChI=1S/C13H11BrO2S/c1-16-12-8-10(15)4-7-13(12)17-11-5-2-9(14)3-6-11/h2-8,15H,1H3. The number of phenolic OH excluding ortho intramolecular Hbond substituents is 1. The van der Waals surface area contributed by atoms with Gasteiger partial charge in [0, 0.05) is 15.4 Å². The van der Waals surface area contributed by atoms with Gasteiger partial charge < -0.3 is 9.84 Å². The molecule has 0 aliphatic heterocycles. The fourth-order valence-electron chi connectivity index (χ4n) is 1.37. The number of hydrogen-bond donors (Lipinski definition) is 1. The average molecular weight is 311 g/mol. The van der Waals surface area contributed by atoms with Gasteiger partial charge in [0.25, 0.3) is 0 Å². The lowest BCUT2D eigenvalue weighted by molar-refractivity contribution is 0.398. The molecule has 0 saturated carbocycles. The highest BCUT2D eigenvalue weighted by Crippen LogP contribution is 2.37. The zero-order valence-electron chi connectivity index (χ0n) is 9.18. The van der Waals surface area contributed by atoms with Crippen LogP contribution in [0.4, 0.5) is 0 Å². The van der Waals surface area contributed by atoms with Crippen molar-refractivity contribution >= 4 is 27.7 Å². The normalized spacial score (nSPS) is 10.2. The summed E-state index contributed by atoms with van der Waals surface area (Å²) >= 11 is 5.00. The molecule has 0 radical (unpaired) electrons. The Morgan fingerprint density at radius 3 is 2.47 bits per heavy atom. The fourth-order valence-corrected chi connectivity index (χ4v) is 2.54. The summed E-state index contributed by atoms with van der Waals surface area (Å²) in [5.41, 5.74) is 0. The number of ether oxygens (including phenoxy) is 1. The van der Waals surface area contributed by atoms with Gasteiger partial charge in [-0.05, 0) is 36.4 Å². The van der Waals surface area contributed by atoms with E-state index >= 15 is 0 Å². The second-order valence-electron chi connectivity index (χ2n) is 3.39. The third-order valence-corrected chi connectivity index (χ3v) is 3.78. The minimum absolute atomic E-state index is 0.210. The molecule has 2 aromatic rings. The molecule has 0 amide bonds. The first kappa shape index (κ1) is 12.3. The third kappa shape index (κ3) is 3.17. The van der Waals surface area contributed by atoms with Crippen molar-refractivity contribution in [2.24, 2.45) is 0 Å². The molecule has 4 heteroatoms. The van der Waals surface area contributed by atoms with E-state index in [1.807, 2.05) is 30.3 Å². The molecule has 2 nitrogen and oxygen atoms in total. The summed E-state index contributed by atoms with van der Waals surface area (Å²) in [7, 11) is 1.60. The van der Waals surface area contributed by atoms with E-state index in [0.717, 1.165) is 14.3 Å². The second-order valence-corrected chi connectivity index (χ2v) is 5.42. The number of methoxy groups -OCH3 is 1. The molecule has 17 heavy (non-hydrogen) atoms. The molecule has 0 unspecified atom stereocenters. The van der Waals surface area contributed by atoms with E-state index in [-0.39, 0.29) is 5.75 Å². The Labute approximate surface area is 113 Å². The Morgan fingerprint density at radius 2 is 1.82 bits per heavy atom. The zero-order valence-corrected chi connectivity index (χ0v) is 11.6. The molecule has 2 rings (SSSR count). The van der Waals surface area contributed by atoms with Crippen LogP contribution in [0, 0.1) is 0 Å². The Morgan fingerprint density at radius 1 is 1.12 bits per heavy atom. The number of aromatic hydroxyl groups is 1. The van der Waals surface area contributed by atoms with Crippen LogP contribution in [0.15, 0.2) is 56.7 Å². The molecule has 0 heterocycles. The molecule has 0 fully saturated rings. The Hall–Kier alpha value is -1.13. The molecule has 0 saturated heterocycles. The van der Waals surface area contributed by atoms with Crippen molar-refractivity contribution in [2.45, 2.75) is 9.79 Å². The average Bonchev–Trinajstić information content (AvgIpc) is 2.34. The summed E-state index contributed by atoms with van der Waals surface area (Å²) in [5.74, 6) is 0.889. The van der Waals surface area contributed by atoms with Gasteiger partial charge >= 0.3 is 0 Å². The van der Waals surface area contributed by atoms with E-state index < -0.39 is 0 Å². The first-order valence-corrected chi connectivity index (χ1v) is 6.60. The number of halogens is 1. The quantitative estimate of drug-likeness (QED) is 0.915. The van der Waals surface area contributed by atoms with Crippen LogP contribution in [0.1, 0.15) is 0 Å². The molecule has 0 spiro atoms. The van der Waals surface area contributed by atoms with Crippen LogP contribution in [-0.4, -0.2) is 12.2 Å². The van der Waals surface area contributed by atoms with Gasteiger partial charge in [-0.2, -0.15) is 0 Å². The predicted octanol–water partition coefficient (Wildman–Crippen LogP) is 4.31. The number of phenols is 1. The maximum atomic E-state index is 9.38. The highest BCUT2D eigenvalue weighted by Gasteiger charge is 2.06. The number of rotatable bonds is 3. The van der Waals surface area contributed by atoms with Gasteiger partial charge in [0.05, 0.1) is 12.0 Å². The van der Waals surface area contributed by atoms with Gasteiger partial charge in [0.1, 0.15) is 11.5 Å². The van der Waals surface area contributed by atoms with Crippen molar-refractivity contribution in [1.29, 1.82) is 0 Å². The van der Waals surface area contributed by atoms with Gasteiger partial charge in [-0.1, -0.05) is 27.7 Å². The fraction of sp³-hybridized carbons (Fsp3) is 0.0769. The zero-order chi connectivity index (χ0) is 12.3. The van der Waals surface area contributed by atoms with Crippen LogP contribution in [0.5, 0.6) is 11.5 Å². The smallest absolute Gasteiger partial charge is 0.136 e. The summed E-state index contributed by atoms with van der Waals surface area (Å²) in [4.78, 5) is 2.10. The van der Waals surface area contributed by atoms with Crippen LogP contribution < -0.4 is 4.74 Å². The van der Waals surface area contributed by atoms with E-state index in [4.69, 9.17) is 4.74 Å². The molecular weight excluding hydrogens is 300 g/mol. The van der Waals surface area contributed by atoms with Crippen molar-refractivity contribution in [3.8, 4) is 11.5 Å². The lowest BCUT2D eigenvalue weighted by atomic mass is 10.3. The lowest BCUT2D eigenvalue weighted by Gasteiger charge is -2.08. The van der Waals surface area contributed by atoms with Crippen molar-refractivity contribution in [3.05, 3.63) is 46.9 Å². The van der Waals surface area contributed by atoms with E-state index in [2.05, 4.69) is 15.9 Å². The van der Waals surface area contributed by atoms with Gasteiger partial charge in [0.2, 0.25) is 0 Å². The van der Waals surface area contributed by atoms with E-state index in [0.29, 0.717) is 5.75 Å². The summed E-state index contributed by atoms with van der Waals surface area (Å²) < 4.78 is 6.29. The van der Waals surface area contributed by atoms with Crippen LogP contribution in [0.3, 0.4) is 0 Å². The van der Waals surface area contributed by atoms with Crippen molar-refractivity contribution in [3.63, 3.8) is 0 Å². The summed E-state index contributed by atoms with van der Waals surface area (Å²) in [6.07, 6.45) is 0. The topological polar surface area (TPSA) is 29.5 Å². The SMILES string of the molecule is COc1cc(O)ccc1Sc1ccc(Br)cc1. The molecule has 0 aliphatic carbocycles. The monoisotopic (exact) mass is 310 g/mol. The Balaban J connectivity index is 2.26. The maximum absolute atomic E-state index is 9.38. The van der Waals surface area contributed by atoms with Crippen LogP contribution in [0.25, 0.3) is 0 Å². The van der Waals surface area contributed by atoms with E-state index in [1.54, 1.807) is 31.0 Å². The minimum atomic E-state index is 0.210. The molecule has 0 bridgehead atoms. The maximum Gasteiger partial charge on any atom is 0.136 e. The number of benzene rings is 2. The lowest BCUT2D eigenvalue weighted by Crippen LogP contribution is -1.85. The molecular formula is C13H11BrO2S. The van der Waals surface area contributed by atoms with Crippen molar-refractivity contribution in [1.82, 2.24) is 0 Å². The largest absolute Gasteiger partial charge is 0.508 e. The summed E-state index contributed by atoms with van der Waals surface area (Å²) in [6.45, 7) is 0. The van der Waals surface area contributed by atoms with Gasteiger partial charge in [0.15, 0.2) is 0 Å². The van der Waals surface area contributed by atoms with Crippen molar-refractivity contribution in [2.75, 3.05) is 7.11 Å². The highest BCUT2D eigenvalue weighted by molar-refractivity contribution is 9.10. The summed E-state index contributed by atoms with van der Waals surface area (Å²) in [6, 6.07) is 13.2. The van der Waals surface area contributed by atoms with Crippen LogP contribution >= 0.6 is 27.7 Å². The molecule has 0 aliphatic rings. The van der Waals surface area contributed by atoms with Crippen LogP contribution in [-0.2, 0) is 0 Å². The Bertz CT molecular complexity index is 511. The molecule has 0 atom stereocenters. The first-order chi connectivity index (χ1) is 8.19. The van der Waals surface area contributed by atoms with Gasteiger partial charge in [-0.15, -0.1) is 0 Å². The third-order valence-electron chi connectivity index (χ3n) is 2.19. The minimum Gasteiger partial charge on any atom is -0.508 e. The van der Waals surface area contributed by atoms with Crippen LogP contribution in [0.2, 0.25) is 0 Å². The predicted molar refractivity (Wildman–Crippen MR) is 72.9 cm³/mol. The second kappa shape index (κ2) is 5.47. The molecule has 2 aromatic carbocycles. The summed E-state index contributed by atoms with van der Waals surface area (Å²) in [5, 5.41) is 9.38. The van der Waals surface area contributed by atoms with E-state index in [9.17, 15) is 5.11 Å². The van der Waals surface area contributed by atoms with Gasteiger partial charge in [-0.25, -0.2) is 0 Å². The van der Waals surface area contributed by atoms with Crippen molar-refractivity contribution < 1.29 is 9.84 Å². The first-order valence-electron chi connectivity index (χ1n) is 4.99. The molecule has 0 aromatic heterocycles. The van der Waals surface area contributed by atoms with Gasteiger partial charge in [-0.3, -0.25) is 0 Å².